The Balaban J connectivity index is 2.64. The Kier molecular flexibility index (Phi) is 7.54. The second-order valence-corrected chi connectivity index (χ2v) is 5.95. The van der Waals surface area contributed by atoms with E-state index >= 15 is 0 Å². The molecule has 0 bridgehead atoms. The number of aliphatic hydroxyl groups excluding tert-OH is 1. The van der Waals surface area contributed by atoms with Crippen LogP contribution in [0.25, 0.3) is 0 Å². The second-order valence-electron chi connectivity index (χ2n) is 5.00. The molecule has 5 nitrogen and oxygen atoms in total. The number of thioether (sulfide) groups is 1. The summed E-state index contributed by atoms with van der Waals surface area (Å²) in [6.45, 7) is 7.12. The largest absolute Gasteiger partial charge is 0.396 e. The molecular weight excluding hydrogens is 272 g/mol. The summed E-state index contributed by atoms with van der Waals surface area (Å²) in [4.78, 5) is 8.41. The minimum absolute atomic E-state index is 0.270. The van der Waals surface area contributed by atoms with Gasteiger partial charge in [0.25, 0.3) is 0 Å². The normalized spacial score (nSPS) is 12.2. The van der Waals surface area contributed by atoms with E-state index in [0.29, 0.717) is 17.7 Å². The Bertz CT molecular complexity index is 449. The van der Waals surface area contributed by atoms with Gasteiger partial charge in [-0.25, -0.2) is 14.5 Å². The molecule has 0 aromatic carbocycles. The number of rotatable bonds is 8. The lowest BCUT2D eigenvalue weighted by Crippen LogP contribution is -2.21. The first-order valence-corrected chi connectivity index (χ1v) is 7.99. The van der Waals surface area contributed by atoms with E-state index in [1.807, 2.05) is 6.92 Å². The van der Waals surface area contributed by atoms with Gasteiger partial charge in [0.05, 0.1) is 5.56 Å². The number of aromatic nitrogens is 2. The van der Waals surface area contributed by atoms with Crippen LogP contribution in [0.15, 0.2) is 6.20 Å². The topological polar surface area (TPSA) is 75.0 Å². The van der Waals surface area contributed by atoms with Gasteiger partial charge in [-0.1, -0.05) is 11.8 Å². The van der Waals surface area contributed by atoms with Crippen molar-refractivity contribution in [1.29, 1.82) is 0 Å². The molecule has 0 spiro atoms. The molecule has 0 radical (unpaired) electrons. The molecule has 6 heteroatoms. The highest BCUT2D eigenvalue weighted by molar-refractivity contribution is 8.11. The van der Waals surface area contributed by atoms with Crippen LogP contribution < -0.4 is 5.73 Å². The number of unbranched alkanes of at least 4 members (excludes halogenated alkanes) is 1. The van der Waals surface area contributed by atoms with E-state index in [1.54, 1.807) is 18.0 Å². The highest BCUT2D eigenvalue weighted by atomic mass is 32.2. The molecule has 0 amide bonds. The Morgan fingerprint density at radius 3 is 2.80 bits per heavy atom. The molecule has 0 aliphatic rings. The maximum absolute atomic E-state index is 8.75. The summed E-state index contributed by atoms with van der Waals surface area (Å²) in [5.41, 5.74) is 9.03. The summed E-state index contributed by atoms with van der Waals surface area (Å²) in [6.07, 6.45) is 3.69. The van der Waals surface area contributed by atoms with E-state index in [1.165, 1.54) is 0 Å². The van der Waals surface area contributed by atoms with Crippen LogP contribution in [0.5, 0.6) is 0 Å². The van der Waals surface area contributed by atoms with Crippen LogP contribution in [-0.4, -0.2) is 43.6 Å². The molecule has 0 saturated heterocycles. The number of aryl methyl sites for hydroxylation is 1. The summed E-state index contributed by atoms with van der Waals surface area (Å²) in [7, 11) is 0. The fourth-order valence-electron chi connectivity index (χ4n) is 1.62. The lowest BCUT2D eigenvalue weighted by atomic mass is 10.2. The van der Waals surface area contributed by atoms with Gasteiger partial charge in [-0.05, 0) is 33.6 Å². The summed E-state index contributed by atoms with van der Waals surface area (Å²) in [5.74, 6) is 2.27. The van der Waals surface area contributed by atoms with E-state index in [9.17, 15) is 0 Å². The van der Waals surface area contributed by atoms with Crippen molar-refractivity contribution in [2.24, 2.45) is 0 Å². The highest BCUT2D eigenvalue weighted by Gasteiger charge is 2.14. The number of hydrogen-bond donors (Lipinski definition) is 2. The van der Waals surface area contributed by atoms with E-state index in [-0.39, 0.29) is 6.61 Å². The van der Waals surface area contributed by atoms with Crippen molar-refractivity contribution < 1.29 is 9.68 Å². The minimum atomic E-state index is 0.270. The van der Waals surface area contributed by atoms with Gasteiger partial charge in [0.15, 0.2) is 12.1 Å². The van der Waals surface area contributed by atoms with E-state index in [4.69, 9.17) is 10.8 Å². The Hall–Kier alpha value is -1.14. The molecule has 1 rings (SSSR count). The van der Waals surface area contributed by atoms with Crippen LogP contribution in [0.1, 0.15) is 38.1 Å². The molecule has 0 aliphatic heterocycles. The minimum Gasteiger partial charge on any atom is -0.396 e. The van der Waals surface area contributed by atoms with E-state index in [0.717, 1.165) is 30.7 Å². The third-order valence-electron chi connectivity index (χ3n) is 2.91. The van der Waals surface area contributed by atoms with Crippen molar-refractivity contribution in [3.05, 3.63) is 17.6 Å². The molecule has 0 saturated carbocycles. The molecule has 0 fully saturated rings. The molecule has 112 valence electrons. The molecule has 0 aliphatic carbocycles. The van der Waals surface area contributed by atoms with Crippen molar-refractivity contribution >= 4 is 23.1 Å². The van der Waals surface area contributed by atoms with E-state index < -0.39 is 0 Å². The summed E-state index contributed by atoms with van der Waals surface area (Å²) in [6, 6.07) is 0.390. The van der Waals surface area contributed by atoms with Gasteiger partial charge in [-0.2, -0.15) is 0 Å². The predicted molar refractivity (Wildman–Crippen MR) is 85.1 cm³/mol. The molecule has 0 unspecified atom stereocenters. The average Bonchev–Trinajstić information content (AvgIpc) is 2.39. The van der Waals surface area contributed by atoms with Crippen LogP contribution >= 0.6 is 11.8 Å². The molecule has 1 aromatic rings. The molecule has 1 heterocycles. The monoisotopic (exact) mass is 297 g/mol. The van der Waals surface area contributed by atoms with Crippen LogP contribution in [0.4, 0.5) is 5.82 Å². The zero-order valence-corrected chi connectivity index (χ0v) is 13.4. The number of nitrogens with zero attached hydrogens (tertiary/aromatic N) is 3. The van der Waals surface area contributed by atoms with Gasteiger partial charge in [0.1, 0.15) is 17.7 Å². The van der Waals surface area contributed by atoms with Crippen LogP contribution in [0, 0.1) is 6.92 Å². The number of anilines is 1. The Labute approximate surface area is 125 Å². The summed E-state index contributed by atoms with van der Waals surface area (Å²) >= 11 is 1.77. The van der Waals surface area contributed by atoms with Crippen molar-refractivity contribution in [2.75, 3.05) is 18.1 Å². The Morgan fingerprint density at radius 2 is 2.20 bits per heavy atom. The molecule has 3 N–H and O–H groups in total. The van der Waals surface area contributed by atoms with Gasteiger partial charge in [0, 0.05) is 18.6 Å². The van der Waals surface area contributed by atoms with Crippen LogP contribution in [0.2, 0.25) is 0 Å². The van der Waals surface area contributed by atoms with Crippen LogP contribution in [0.3, 0.4) is 0 Å². The first-order chi connectivity index (χ1) is 9.54. The SMILES string of the molecule is Cc1ncc(C[N+](=CSCCCCO)C(C)C)c(N)n1. The molecule has 20 heavy (non-hydrogen) atoms. The number of hydrogen-bond acceptors (Lipinski definition) is 5. The lowest BCUT2D eigenvalue weighted by molar-refractivity contribution is -0.567. The number of nitrogens with two attached hydrogens (primary N) is 1. The van der Waals surface area contributed by atoms with Crippen molar-refractivity contribution in [2.45, 2.75) is 46.2 Å². The maximum Gasteiger partial charge on any atom is 0.198 e. The zero-order valence-electron chi connectivity index (χ0n) is 12.5. The van der Waals surface area contributed by atoms with E-state index in [2.05, 4.69) is 33.9 Å². The lowest BCUT2D eigenvalue weighted by Gasteiger charge is -2.09. The van der Waals surface area contributed by atoms with Gasteiger partial charge in [-0.3, -0.25) is 0 Å². The van der Waals surface area contributed by atoms with Gasteiger partial charge < -0.3 is 10.8 Å². The standard InChI is InChI=1S/C14H25N4OS/c1-11(2)18(10-20-7-5-4-6-19)9-13-8-16-12(3)17-14(13)15/h8,10-11,19H,4-7,9H2,1-3H3,(H2,15,16,17)/q+1. The average molecular weight is 297 g/mol. The summed E-state index contributed by atoms with van der Waals surface area (Å²) < 4.78 is 2.23. The Morgan fingerprint density at radius 1 is 1.45 bits per heavy atom. The number of aliphatic hydroxyl groups is 1. The first kappa shape index (κ1) is 16.9. The molecule has 1 aromatic heterocycles. The molecular formula is C14H25N4OS+. The highest BCUT2D eigenvalue weighted by Crippen LogP contribution is 2.11. The van der Waals surface area contributed by atoms with Crippen molar-refractivity contribution in [3.63, 3.8) is 0 Å². The van der Waals surface area contributed by atoms with Crippen LogP contribution in [-0.2, 0) is 6.54 Å². The quantitative estimate of drug-likeness (QED) is 0.331. The predicted octanol–water partition coefficient (Wildman–Crippen LogP) is 1.82. The summed E-state index contributed by atoms with van der Waals surface area (Å²) in [5, 5.41) is 8.75. The smallest absolute Gasteiger partial charge is 0.198 e. The fraction of sp³-hybridized carbons (Fsp3) is 0.643. The fourth-order valence-corrected chi connectivity index (χ4v) is 2.60. The molecule has 0 atom stereocenters. The van der Waals surface area contributed by atoms with Gasteiger partial charge in [-0.15, -0.1) is 0 Å². The van der Waals surface area contributed by atoms with Crippen molar-refractivity contribution in [1.82, 2.24) is 9.97 Å². The van der Waals surface area contributed by atoms with Crippen molar-refractivity contribution in [3.8, 4) is 0 Å². The second kappa shape index (κ2) is 8.92. The first-order valence-electron chi connectivity index (χ1n) is 6.94. The third kappa shape index (κ3) is 5.88. The maximum atomic E-state index is 8.75. The number of nitrogen functional groups attached to an aromatic ring is 1. The van der Waals surface area contributed by atoms with Gasteiger partial charge >= 0.3 is 0 Å². The van der Waals surface area contributed by atoms with Gasteiger partial charge in [0.2, 0.25) is 0 Å². The third-order valence-corrected chi connectivity index (χ3v) is 3.86. The zero-order chi connectivity index (χ0) is 15.0.